The normalized spacial score (nSPS) is 13.6. The second-order valence-electron chi connectivity index (χ2n) is 4.21. The van der Waals surface area contributed by atoms with E-state index in [-0.39, 0.29) is 5.56 Å². The molecule has 0 amide bonds. The average molecular weight is 288 g/mol. The molecule has 2 aromatic rings. The molecule has 1 unspecified atom stereocenters. The number of carboxylic acid groups (broad SMARTS) is 1. The van der Waals surface area contributed by atoms with Gasteiger partial charge in [0.1, 0.15) is 5.58 Å². The third kappa shape index (κ3) is 2.77. The summed E-state index contributed by atoms with van der Waals surface area (Å²) in [6.07, 6.45) is -6.49. The van der Waals surface area contributed by atoms with Crippen LogP contribution in [0.3, 0.4) is 0 Å². The Morgan fingerprint density at radius 1 is 1.40 bits per heavy atom. The van der Waals surface area contributed by atoms with Gasteiger partial charge in [-0.25, -0.2) is 4.79 Å². The van der Waals surface area contributed by atoms with Crippen LogP contribution in [-0.4, -0.2) is 23.4 Å². The Morgan fingerprint density at radius 3 is 2.65 bits per heavy atom. The first-order valence-electron chi connectivity index (χ1n) is 5.72. The molecule has 1 aromatic heterocycles. The molecule has 4 nitrogen and oxygen atoms in total. The highest BCUT2D eigenvalue weighted by molar-refractivity contribution is 5.94. The maximum Gasteiger partial charge on any atom is 0.414 e. The number of hydrogen-bond donors (Lipinski definition) is 1. The lowest BCUT2D eigenvalue weighted by Crippen LogP contribution is -2.28. The van der Waals surface area contributed by atoms with E-state index >= 15 is 0 Å². The number of para-hydroxylation sites is 1. The lowest BCUT2D eigenvalue weighted by molar-refractivity contribution is -0.217. The van der Waals surface area contributed by atoms with Crippen molar-refractivity contribution in [2.75, 3.05) is 0 Å². The van der Waals surface area contributed by atoms with Gasteiger partial charge >= 0.3 is 12.1 Å². The van der Waals surface area contributed by atoms with Crippen molar-refractivity contribution >= 4 is 16.9 Å². The van der Waals surface area contributed by atoms with Crippen LogP contribution >= 0.6 is 0 Å². The van der Waals surface area contributed by atoms with Crippen LogP contribution in [0.25, 0.3) is 11.0 Å². The van der Waals surface area contributed by atoms with Gasteiger partial charge in [-0.15, -0.1) is 0 Å². The fourth-order valence-corrected chi connectivity index (χ4v) is 1.72. The highest BCUT2D eigenvalue weighted by Crippen LogP contribution is 2.29. The second kappa shape index (κ2) is 5.16. The maximum atomic E-state index is 12.4. The van der Waals surface area contributed by atoms with Crippen molar-refractivity contribution in [1.29, 1.82) is 0 Å². The predicted molar refractivity (Wildman–Crippen MR) is 63.5 cm³/mol. The molecule has 0 bridgehead atoms. The summed E-state index contributed by atoms with van der Waals surface area (Å²) in [6.45, 7) is 0.377. The largest absolute Gasteiger partial charge is 0.475 e. The van der Waals surface area contributed by atoms with Crippen LogP contribution in [0, 0.1) is 0 Å². The molecule has 0 saturated carbocycles. The van der Waals surface area contributed by atoms with Crippen molar-refractivity contribution in [2.24, 2.45) is 0 Å². The molecule has 0 aliphatic heterocycles. The van der Waals surface area contributed by atoms with Crippen LogP contribution in [0.5, 0.6) is 0 Å². The minimum absolute atomic E-state index is 0.101. The molecule has 0 aliphatic carbocycles. The van der Waals surface area contributed by atoms with Crippen molar-refractivity contribution in [2.45, 2.75) is 25.8 Å². The van der Waals surface area contributed by atoms with Crippen LogP contribution in [0.1, 0.15) is 23.0 Å². The van der Waals surface area contributed by atoms with Gasteiger partial charge in [-0.3, -0.25) is 0 Å². The van der Waals surface area contributed by atoms with E-state index in [9.17, 15) is 18.0 Å². The van der Waals surface area contributed by atoms with Crippen molar-refractivity contribution in [3.63, 3.8) is 0 Å². The summed E-state index contributed by atoms with van der Waals surface area (Å²) in [5, 5.41) is 9.45. The second-order valence-corrected chi connectivity index (χ2v) is 4.21. The van der Waals surface area contributed by atoms with E-state index < -0.39 is 30.6 Å². The molecular formula is C13H11F3O4. The molecule has 0 spiro atoms. The molecule has 1 N–H and O–H groups in total. The van der Waals surface area contributed by atoms with Gasteiger partial charge in [0, 0.05) is 10.9 Å². The van der Waals surface area contributed by atoms with Crippen LogP contribution < -0.4 is 0 Å². The fourth-order valence-electron chi connectivity index (χ4n) is 1.72. The molecule has 2 rings (SSSR count). The summed E-state index contributed by atoms with van der Waals surface area (Å²) in [5.74, 6) is -1.75. The first-order valence-corrected chi connectivity index (χ1v) is 5.72. The summed E-state index contributed by atoms with van der Waals surface area (Å²) in [4.78, 5) is 11.1. The highest BCUT2D eigenvalue weighted by atomic mass is 19.4. The first kappa shape index (κ1) is 14.4. The first-order chi connectivity index (χ1) is 9.30. The molecule has 0 saturated heterocycles. The van der Waals surface area contributed by atoms with Crippen LogP contribution in [-0.2, 0) is 11.3 Å². The number of furan rings is 1. The Balaban J connectivity index is 2.33. The zero-order chi connectivity index (χ0) is 14.9. The Morgan fingerprint density at radius 2 is 2.05 bits per heavy atom. The third-order valence-electron chi connectivity index (χ3n) is 2.83. The van der Waals surface area contributed by atoms with Crippen molar-refractivity contribution in [3.05, 3.63) is 35.6 Å². The Hall–Kier alpha value is -2.02. The number of halogens is 3. The number of carbonyl (C=O) groups is 1. The van der Waals surface area contributed by atoms with E-state index in [1.807, 2.05) is 0 Å². The van der Waals surface area contributed by atoms with E-state index in [4.69, 9.17) is 14.3 Å². The molecule has 0 fully saturated rings. The SMILES string of the molecule is CC(OCc1c(C(=O)O)oc2ccccc12)C(F)(F)F. The number of ether oxygens (including phenoxy) is 1. The van der Waals surface area contributed by atoms with Crippen LogP contribution in [0.15, 0.2) is 28.7 Å². The Kier molecular flexibility index (Phi) is 3.71. The molecule has 20 heavy (non-hydrogen) atoms. The number of alkyl halides is 3. The van der Waals surface area contributed by atoms with Crippen molar-refractivity contribution in [1.82, 2.24) is 0 Å². The summed E-state index contributed by atoms with van der Waals surface area (Å²) < 4.78 is 47.0. The molecule has 108 valence electrons. The van der Waals surface area contributed by atoms with Gasteiger partial charge in [0.15, 0.2) is 6.10 Å². The van der Waals surface area contributed by atoms with Gasteiger partial charge in [-0.2, -0.15) is 13.2 Å². The predicted octanol–water partition coefficient (Wildman–Crippen LogP) is 3.60. The molecule has 1 aromatic carbocycles. The molecule has 1 atom stereocenters. The fraction of sp³-hybridized carbons (Fsp3) is 0.308. The molecule has 0 radical (unpaired) electrons. The van der Waals surface area contributed by atoms with Gasteiger partial charge in [-0.05, 0) is 13.0 Å². The molecule has 7 heteroatoms. The van der Waals surface area contributed by atoms with Gasteiger partial charge in [0.25, 0.3) is 0 Å². The van der Waals surface area contributed by atoms with E-state index in [0.29, 0.717) is 11.0 Å². The summed E-state index contributed by atoms with van der Waals surface area (Å²) >= 11 is 0. The standard InChI is InChI=1S/C13H11F3O4/c1-7(13(14,15)16)19-6-9-8-4-2-3-5-10(8)20-11(9)12(17)18/h2-5,7H,6H2,1H3,(H,17,18). The van der Waals surface area contributed by atoms with E-state index in [0.717, 1.165) is 6.92 Å². The smallest absolute Gasteiger partial charge is 0.414 e. The molecule has 1 heterocycles. The van der Waals surface area contributed by atoms with Crippen molar-refractivity contribution < 1.29 is 32.2 Å². The third-order valence-corrected chi connectivity index (χ3v) is 2.83. The summed E-state index contributed by atoms with van der Waals surface area (Å²) in [6, 6.07) is 6.39. The molecule has 0 aliphatic rings. The number of hydrogen-bond acceptors (Lipinski definition) is 3. The zero-order valence-corrected chi connectivity index (χ0v) is 10.4. The zero-order valence-electron chi connectivity index (χ0n) is 10.4. The van der Waals surface area contributed by atoms with Gasteiger partial charge in [-0.1, -0.05) is 18.2 Å². The lowest BCUT2D eigenvalue weighted by Gasteiger charge is -2.16. The van der Waals surface area contributed by atoms with E-state index in [2.05, 4.69) is 0 Å². The van der Waals surface area contributed by atoms with Crippen LogP contribution in [0.2, 0.25) is 0 Å². The number of rotatable bonds is 4. The average Bonchev–Trinajstić information content (AvgIpc) is 2.73. The Labute approximate surface area is 111 Å². The lowest BCUT2D eigenvalue weighted by atomic mass is 10.1. The quantitative estimate of drug-likeness (QED) is 0.933. The van der Waals surface area contributed by atoms with E-state index in [1.54, 1.807) is 24.3 Å². The maximum absolute atomic E-state index is 12.4. The summed E-state index contributed by atoms with van der Waals surface area (Å²) in [7, 11) is 0. The highest BCUT2D eigenvalue weighted by Gasteiger charge is 2.37. The molecular weight excluding hydrogens is 277 g/mol. The topological polar surface area (TPSA) is 59.7 Å². The monoisotopic (exact) mass is 288 g/mol. The number of carboxylic acids is 1. The number of fused-ring (bicyclic) bond motifs is 1. The van der Waals surface area contributed by atoms with Gasteiger partial charge in [0.05, 0.1) is 6.61 Å². The number of benzene rings is 1. The van der Waals surface area contributed by atoms with E-state index in [1.165, 1.54) is 0 Å². The van der Waals surface area contributed by atoms with Gasteiger partial charge < -0.3 is 14.3 Å². The minimum atomic E-state index is -4.50. The number of aromatic carboxylic acids is 1. The van der Waals surface area contributed by atoms with Crippen LogP contribution in [0.4, 0.5) is 13.2 Å². The Bertz CT molecular complexity index is 630. The summed E-state index contributed by atoms with van der Waals surface area (Å²) in [5.41, 5.74) is 0.396. The minimum Gasteiger partial charge on any atom is -0.475 e. The van der Waals surface area contributed by atoms with Crippen molar-refractivity contribution in [3.8, 4) is 0 Å². The van der Waals surface area contributed by atoms with Gasteiger partial charge in [0.2, 0.25) is 5.76 Å².